The van der Waals surface area contributed by atoms with Crippen LogP contribution in [-0.4, -0.2) is 23.6 Å². The molecule has 108 valence electrons. The lowest BCUT2D eigenvalue weighted by Gasteiger charge is -2.20. The van der Waals surface area contributed by atoms with Crippen molar-refractivity contribution >= 4 is 11.5 Å². The topological polar surface area (TPSA) is 73.1 Å². The Kier molecular flexibility index (Phi) is 5.39. The SMILES string of the molecule is CCCCCNc1nc(C(C)(C)C)nc(OC)c1N. The minimum absolute atomic E-state index is 0.138. The van der Waals surface area contributed by atoms with E-state index in [0.717, 1.165) is 18.8 Å². The van der Waals surface area contributed by atoms with Gasteiger partial charge in [-0.1, -0.05) is 40.5 Å². The Morgan fingerprint density at radius 2 is 1.89 bits per heavy atom. The number of hydrogen-bond donors (Lipinski definition) is 2. The zero-order valence-electron chi connectivity index (χ0n) is 12.7. The van der Waals surface area contributed by atoms with Gasteiger partial charge in [0.05, 0.1) is 7.11 Å². The highest BCUT2D eigenvalue weighted by Crippen LogP contribution is 2.30. The van der Waals surface area contributed by atoms with E-state index in [1.807, 2.05) is 0 Å². The molecule has 19 heavy (non-hydrogen) atoms. The van der Waals surface area contributed by atoms with Crippen LogP contribution in [0.5, 0.6) is 5.88 Å². The quantitative estimate of drug-likeness (QED) is 0.774. The van der Waals surface area contributed by atoms with Crippen LogP contribution in [0.2, 0.25) is 0 Å². The minimum atomic E-state index is -0.138. The van der Waals surface area contributed by atoms with E-state index in [1.54, 1.807) is 7.11 Å². The normalized spacial score (nSPS) is 11.4. The molecule has 0 aliphatic heterocycles. The van der Waals surface area contributed by atoms with Crippen LogP contribution in [0.15, 0.2) is 0 Å². The van der Waals surface area contributed by atoms with Crippen LogP contribution in [0.1, 0.15) is 52.8 Å². The van der Waals surface area contributed by atoms with E-state index in [0.29, 0.717) is 17.4 Å². The third kappa shape index (κ3) is 4.26. The maximum absolute atomic E-state index is 6.01. The van der Waals surface area contributed by atoms with Gasteiger partial charge in [-0.15, -0.1) is 0 Å². The van der Waals surface area contributed by atoms with Crippen molar-refractivity contribution in [1.29, 1.82) is 0 Å². The summed E-state index contributed by atoms with van der Waals surface area (Å²) in [6, 6.07) is 0. The van der Waals surface area contributed by atoms with Crippen molar-refractivity contribution in [2.75, 3.05) is 24.7 Å². The average Bonchev–Trinajstić information content (AvgIpc) is 2.35. The number of unbranched alkanes of at least 4 members (excludes halogenated alkanes) is 2. The number of nitrogens with zero attached hydrogens (tertiary/aromatic N) is 2. The molecule has 1 heterocycles. The first-order valence-corrected chi connectivity index (χ1v) is 6.86. The van der Waals surface area contributed by atoms with Gasteiger partial charge in [0.25, 0.3) is 0 Å². The summed E-state index contributed by atoms with van der Waals surface area (Å²) in [5.74, 6) is 1.85. The molecule has 0 aliphatic carbocycles. The summed E-state index contributed by atoms with van der Waals surface area (Å²) < 4.78 is 5.23. The van der Waals surface area contributed by atoms with Gasteiger partial charge >= 0.3 is 0 Å². The zero-order valence-corrected chi connectivity index (χ0v) is 12.7. The fraction of sp³-hybridized carbons (Fsp3) is 0.714. The number of ether oxygens (including phenoxy) is 1. The highest BCUT2D eigenvalue weighted by atomic mass is 16.5. The fourth-order valence-corrected chi connectivity index (χ4v) is 1.66. The first-order valence-electron chi connectivity index (χ1n) is 6.86. The molecule has 5 nitrogen and oxygen atoms in total. The molecule has 0 spiro atoms. The lowest BCUT2D eigenvalue weighted by Crippen LogP contribution is -2.19. The van der Waals surface area contributed by atoms with E-state index in [2.05, 4.69) is 43.0 Å². The Morgan fingerprint density at radius 1 is 1.21 bits per heavy atom. The summed E-state index contributed by atoms with van der Waals surface area (Å²) in [5.41, 5.74) is 6.35. The van der Waals surface area contributed by atoms with Crippen LogP contribution >= 0.6 is 0 Å². The Balaban J connectivity index is 2.95. The second kappa shape index (κ2) is 6.59. The van der Waals surface area contributed by atoms with Gasteiger partial charge in [-0.05, 0) is 6.42 Å². The number of methoxy groups -OCH3 is 1. The van der Waals surface area contributed by atoms with E-state index in [1.165, 1.54) is 12.8 Å². The van der Waals surface area contributed by atoms with E-state index in [-0.39, 0.29) is 5.41 Å². The Morgan fingerprint density at radius 3 is 2.42 bits per heavy atom. The monoisotopic (exact) mass is 266 g/mol. The highest BCUT2D eigenvalue weighted by molar-refractivity contribution is 5.67. The molecule has 0 amide bonds. The van der Waals surface area contributed by atoms with Crippen LogP contribution < -0.4 is 15.8 Å². The van der Waals surface area contributed by atoms with E-state index >= 15 is 0 Å². The molecule has 0 aliphatic rings. The Labute approximate surface area is 116 Å². The van der Waals surface area contributed by atoms with Gasteiger partial charge < -0.3 is 15.8 Å². The first kappa shape index (κ1) is 15.5. The molecule has 0 unspecified atom stereocenters. The first-order chi connectivity index (χ1) is 8.90. The zero-order chi connectivity index (χ0) is 14.5. The number of aromatic nitrogens is 2. The summed E-state index contributed by atoms with van der Waals surface area (Å²) in [5, 5.41) is 3.28. The smallest absolute Gasteiger partial charge is 0.242 e. The molecule has 0 fully saturated rings. The van der Waals surface area contributed by atoms with Gasteiger partial charge in [-0.25, -0.2) is 4.98 Å². The molecular formula is C14H26N4O. The second-order valence-electron chi connectivity index (χ2n) is 5.70. The molecule has 1 aromatic rings. The highest BCUT2D eigenvalue weighted by Gasteiger charge is 2.21. The van der Waals surface area contributed by atoms with Crippen molar-refractivity contribution in [3.8, 4) is 5.88 Å². The number of nitrogens with two attached hydrogens (primary N) is 1. The molecule has 1 rings (SSSR count). The summed E-state index contributed by atoms with van der Waals surface area (Å²) in [4.78, 5) is 8.89. The van der Waals surface area contributed by atoms with E-state index < -0.39 is 0 Å². The van der Waals surface area contributed by atoms with Crippen molar-refractivity contribution in [3.05, 3.63) is 5.82 Å². The number of nitrogens with one attached hydrogen (secondary N) is 1. The van der Waals surface area contributed by atoms with Gasteiger partial charge in [0, 0.05) is 12.0 Å². The van der Waals surface area contributed by atoms with E-state index in [4.69, 9.17) is 10.5 Å². The molecular weight excluding hydrogens is 240 g/mol. The molecule has 0 aromatic carbocycles. The molecule has 3 N–H and O–H groups in total. The van der Waals surface area contributed by atoms with Gasteiger partial charge in [-0.2, -0.15) is 4.98 Å². The maximum atomic E-state index is 6.01. The number of nitrogen functional groups attached to an aromatic ring is 1. The molecule has 5 heteroatoms. The second-order valence-corrected chi connectivity index (χ2v) is 5.70. The summed E-state index contributed by atoms with van der Waals surface area (Å²) in [7, 11) is 1.58. The summed E-state index contributed by atoms with van der Waals surface area (Å²) in [6.45, 7) is 9.25. The molecule has 0 saturated carbocycles. The van der Waals surface area contributed by atoms with Gasteiger partial charge in [-0.3, -0.25) is 0 Å². The molecule has 0 bridgehead atoms. The standard InChI is InChI=1S/C14H26N4O/c1-6-7-8-9-16-11-10(15)12(19-5)18-13(17-11)14(2,3)4/h6-9,15H2,1-5H3,(H,16,17,18). The summed E-state index contributed by atoms with van der Waals surface area (Å²) >= 11 is 0. The van der Waals surface area contributed by atoms with Crippen molar-refractivity contribution < 1.29 is 4.74 Å². The number of rotatable bonds is 6. The largest absolute Gasteiger partial charge is 0.479 e. The van der Waals surface area contributed by atoms with Crippen LogP contribution in [0.25, 0.3) is 0 Å². The third-order valence-corrected chi connectivity index (χ3v) is 2.85. The minimum Gasteiger partial charge on any atom is -0.479 e. The van der Waals surface area contributed by atoms with Crippen LogP contribution in [0.4, 0.5) is 11.5 Å². The number of anilines is 2. The number of hydrogen-bond acceptors (Lipinski definition) is 5. The van der Waals surface area contributed by atoms with Crippen LogP contribution in [0, 0.1) is 0 Å². The lowest BCUT2D eigenvalue weighted by atomic mass is 9.96. The van der Waals surface area contributed by atoms with Crippen molar-refractivity contribution in [2.45, 2.75) is 52.4 Å². The predicted molar refractivity (Wildman–Crippen MR) is 79.7 cm³/mol. The van der Waals surface area contributed by atoms with Crippen molar-refractivity contribution in [1.82, 2.24) is 9.97 Å². The molecule has 0 radical (unpaired) electrons. The molecule has 0 saturated heterocycles. The van der Waals surface area contributed by atoms with Gasteiger partial charge in [0.1, 0.15) is 11.5 Å². The van der Waals surface area contributed by atoms with Gasteiger partial charge in [0.15, 0.2) is 5.82 Å². The van der Waals surface area contributed by atoms with E-state index in [9.17, 15) is 0 Å². The Bertz CT molecular complexity index is 413. The molecule has 0 atom stereocenters. The van der Waals surface area contributed by atoms with Crippen LogP contribution in [-0.2, 0) is 5.41 Å². The third-order valence-electron chi connectivity index (χ3n) is 2.85. The molecule has 1 aromatic heterocycles. The van der Waals surface area contributed by atoms with Crippen molar-refractivity contribution in [2.24, 2.45) is 0 Å². The predicted octanol–water partition coefficient (Wildman–Crippen LogP) is 2.97. The lowest BCUT2D eigenvalue weighted by molar-refractivity contribution is 0.391. The maximum Gasteiger partial charge on any atom is 0.242 e. The van der Waals surface area contributed by atoms with Crippen LogP contribution in [0.3, 0.4) is 0 Å². The summed E-state index contributed by atoms with van der Waals surface area (Å²) in [6.07, 6.45) is 3.49. The van der Waals surface area contributed by atoms with Gasteiger partial charge in [0.2, 0.25) is 5.88 Å². The average molecular weight is 266 g/mol. The fourth-order valence-electron chi connectivity index (χ4n) is 1.66. The Hall–Kier alpha value is -1.52. The van der Waals surface area contributed by atoms with Crippen molar-refractivity contribution in [3.63, 3.8) is 0 Å².